The molecule has 0 aliphatic heterocycles. The molecule has 1 aromatic heterocycles. The summed E-state index contributed by atoms with van der Waals surface area (Å²) >= 11 is 0. The lowest BCUT2D eigenvalue weighted by atomic mass is 10.0. The van der Waals surface area contributed by atoms with Crippen LogP contribution in [0.1, 0.15) is 42.3 Å². The zero-order valence-electron chi connectivity index (χ0n) is 17.5. The van der Waals surface area contributed by atoms with Gasteiger partial charge in [-0.15, -0.1) is 0 Å². The van der Waals surface area contributed by atoms with Crippen LogP contribution in [0.25, 0.3) is 0 Å². The molecule has 0 spiro atoms. The SMILES string of the molecule is CC(O)C(CCCc1ccccc1)Nc1nc(Cc2cccc(O)c2)[nH]c(=O)c1C=N. The highest BCUT2D eigenvalue weighted by Crippen LogP contribution is 2.17. The lowest BCUT2D eigenvalue weighted by Crippen LogP contribution is -2.34. The van der Waals surface area contributed by atoms with E-state index in [2.05, 4.69) is 27.4 Å². The average molecular weight is 421 g/mol. The van der Waals surface area contributed by atoms with Gasteiger partial charge in [-0.1, -0.05) is 42.5 Å². The Hall–Kier alpha value is -3.45. The van der Waals surface area contributed by atoms with Gasteiger partial charge in [0.05, 0.1) is 17.7 Å². The summed E-state index contributed by atoms with van der Waals surface area (Å²) in [6.45, 7) is 1.70. The van der Waals surface area contributed by atoms with Crippen LogP contribution in [0.5, 0.6) is 5.75 Å². The summed E-state index contributed by atoms with van der Waals surface area (Å²) in [4.78, 5) is 19.7. The summed E-state index contributed by atoms with van der Waals surface area (Å²) in [6, 6.07) is 16.6. The molecule has 0 aliphatic carbocycles. The fourth-order valence-corrected chi connectivity index (χ4v) is 3.50. The lowest BCUT2D eigenvalue weighted by Gasteiger charge is -2.23. The fourth-order valence-electron chi connectivity index (χ4n) is 3.50. The van der Waals surface area contributed by atoms with Crippen LogP contribution in [-0.2, 0) is 12.8 Å². The molecule has 0 bridgehead atoms. The second-order valence-corrected chi connectivity index (χ2v) is 7.64. The standard InChI is InChI=1S/C24H28N4O3/c1-16(29)21(12-6-9-17-7-3-2-4-8-17)26-23-20(15-25)24(31)28-22(27-23)14-18-10-5-11-19(30)13-18/h2-5,7-8,10-11,13,15-16,21,25,29-30H,6,9,12,14H2,1H3,(H2,26,27,28,31). The molecule has 2 atom stereocenters. The van der Waals surface area contributed by atoms with Crippen LogP contribution in [0.2, 0.25) is 0 Å². The molecule has 1 heterocycles. The van der Waals surface area contributed by atoms with Gasteiger partial charge in [0, 0.05) is 12.6 Å². The molecular weight excluding hydrogens is 392 g/mol. The van der Waals surface area contributed by atoms with E-state index in [1.807, 2.05) is 24.3 Å². The van der Waals surface area contributed by atoms with Crippen molar-refractivity contribution in [2.24, 2.45) is 0 Å². The normalized spacial score (nSPS) is 12.8. The van der Waals surface area contributed by atoms with Crippen molar-refractivity contribution in [3.05, 3.63) is 87.5 Å². The van der Waals surface area contributed by atoms with Gasteiger partial charge < -0.3 is 25.9 Å². The highest BCUT2D eigenvalue weighted by Gasteiger charge is 2.19. The first-order valence-electron chi connectivity index (χ1n) is 10.4. The number of nitrogens with one attached hydrogen (secondary N) is 3. The van der Waals surface area contributed by atoms with E-state index < -0.39 is 11.7 Å². The predicted octanol–water partition coefficient (Wildman–Crippen LogP) is 3.25. The number of aliphatic hydroxyl groups excluding tert-OH is 1. The quantitative estimate of drug-likeness (QED) is 0.322. The summed E-state index contributed by atoms with van der Waals surface area (Å²) in [6.07, 6.45) is 3.05. The van der Waals surface area contributed by atoms with E-state index in [1.54, 1.807) is 25.1 Å². The number of aromatic hydroxyl groups is 1. The van der Waals surface area contributed by atoms with E-state index in [4.69, 9.17) is 5.41 Å². The number of benzene rings is 2. The van der Waals surface area contributed by atoms with Gasteiger partial charge in [0.1, 0.15) is 17.4 Å². The van der Waals surface area contributed by atoms with Crippen molar-refractivity contribution in [1.29, 1.82) is 5.41 Å². The first-order valence-corrected chi connectivity index (χ1v) is 10.4. The molecule has 0 saturated carbocycles. The minimum absolute atomic E-state index is 0.119. The molecule has 3 aromatic rings. The van der Waals surface area contributed by atoms with Crippen molar-refractivity contribution in [1.82, 2.24) is 9.97 Å². The van der Waals surface area contributed by atoms with Crippen LogP contribution in [0.3, 0.4) is 0 Å². The molecule has 31 heavy (non-hydrogen) atoms. The number of hydrogen-bond donors (Lipinski definition) is 5. The minimum atomic E-state index is -0.662. The van der Waals surface area contributed by atoms with Crippen LogP contribution in [0.15, 0.2) is 59.4 Å². The van der Waals surface area contributed by atoms with Crippen molar-refractivity contribution in [3.63, 3.8) is 0 Å². The Morgan fingerprint density at radius 2 is 1.90 bits per heavy atom. The Morgan fingerprint density at radius 1 is 1.16 bits per heavy atom. The second kappa shape index (κ2) is 10.5. The number of aromatic nitrogens is 2. The van der Waals surface area contributed by atoms with Crippen LogP contribution in [0.4, 0.5) is 5.82 Å². The number of aromatic amines is 1. The minimum Gasteiger partial charge on any atom is -0.508 e. The number of aliphatic hydroxyl groups is 1. The highest BCUT2D eigenvalue weighted by molar-refractivity contribution is 5.83. The van der Waals surface area contributed by atoms with Crippen LogP contribution in [0, 0.1) is 5.41 Å². The molecule has 7 heteroatoms. The van der Waals surface area contributed by atoms with E-state index in [1.165, 1.54) is 5.56 Å². The van der Waals surface area contributed by atoms with Crippen LogP contribution < -0.4 is 10.9 Å². The van der Waals surface area contributed by atoms with Crippen molar-refractivity contribution < 1.29 is 10.2 Å². The maximum Gasteiger partial charge on any atom is 0.261 e. The Bertz CT molecular complexity index is 1060. The molecule has 0 aliphatic rings. The number of nitrogens with zero attached hydrogens (tertiary/aromatic N) is 1. The smallest absolute Gasteiger partial charge is 0.261 e. The largest absolute Gasteiger partial charge is 0.508 e. The number of hydrogen-bond acceptors (Lipinski definition) is 6. The summed E-state index contributed by atoms with van der Waals surface area (Å²) in [7, 11) is 0. The Kier molecular flexibility index (Phi) is 7.56. The maximum atomic E-state index is 12.5. The predicted molar refractivity (Wildman–Crippen MR) is 122 cm³/mol. The zero-order chi connectivity index (χ0) is 22.2. The van der Waals surface area contributed by atoms with Gasteiger partial charge in [-0.05, 0) is 49.4 Å². The van der Waals surface area contributed by atoms with E-state index in [0.29, 0.717) is 18.7 Å². The number of rotatable bonds is 10. The Labute approximate surface area is 181 Å². The number of phenols is 1. The van der Waals surface area contributed by atoms with E-state index in [-0.39, 0.29) is 23.2 Å². The van der Waals surface area contributed by atoms with Crippen molar-refractivity contribution in [3.8, 4) is 5.75 Å². The number of aryl methyl sites for hydroxylation is 1. The first-order chi connectivity index (χ1) is 15.0. The fraction of sp³-hybridized carbons (Fsp3) is 0.292. The molecule has 3 rings (SSSR count). The van der Waals surface area contributed by atoms with Gasteiger partial charge in [-0.25, -0.2) is 4.98 Å². The van der Waals surface area contributed by atoms with Gasteiger partial charge in [0.15, 0.2) is 0 Å². The number of anilines is 1. The Morgan fingerprint density at radius 3 is 2.58 bits per heavy atom. The zero-order valence-corrected chi connectivity index (χ0v) is 17.5. The molecule has 7 nitrogen and oxygen atoms in total. The van der Waals surface area contributed by atoms with Gasteiger partial charge >= 0.3 is 0 Å². The highest BCUT2D eigenvalue weighted by atomic mass is 16.3. The molecule has 0 fully saturated rings. The summed E-state index contributed by atoms with van der Waals surface area (Å²) in [5, 5.41) is 30.8. The Balaban J connectivity index is 1.77. The summed E-state index contributed by atoms with van der Waals surface area (Å²) < 4.78 is 0. The van der Waals surface area contributed by atoms with E-state index >= 15 is 0 Å². The molecule has 0 amide bonds. The van der Waals surface area contributed by atoms with Crippen molar-refractivity contribution in [2.75, 3.05) is 5.32 Å². The number of H-pyrrole nitrogens is 1. The third-order valence-corrected chi connectivity index (χ3v) is 5.16. The molecule has 0 saturated heterocycles. The summed E-state index contributed by atoms with van der Waals surface area (Å²) in [5.41, 5.74) is 1.73. The van der Waals surface area contributed by atoms with Gasteiger partial charge in [-0.3, -0.25) is 4.79 Å². The molecule has 162 valence electrons. The van der Waals surface area contributed by atoms with Crippen LogP contribution >= 0.6 is 0 Å². The van der Waals surface area contributed by atoms with Gasteiger partial charge in [-0.2, -0.15) is 0 Å². The average Bonchev–Trinajstić information content (AvgIpc) is 2.73. The molecular formula is C24H28N4O3. The molecule has 5 N–H and O–H groups in total. The maximum absolute atomic E-state index is 12.5. The molecule has 2 aromatic carbocycles. The molecule has 2 unspecified atom stereocenters. The third kappa shape index (κ3) is 6.26. The van der Waals surface area contributed by atoms with E-state index in [9.17, 15) is 15.0 Å². The van der Waals surface area contributed by atoms with Gasteiger partial charge in [0.25, 0.3) is 5.56 Å². The van der Waals surface area contributed by atoms with E-state index in [0.717, 1.165) is 24.6 Å². The summed E-state index contributed by atoms with van der Waals surface area (Å²) in [5.74, 6) is 0.832. The molecule has 0 radical (unpaired) electrons. The third-order valence-electron chi connectivity index (χ3n) is 5.16. The number of phenolic OH excluding ortho intramolecular Hbond substituents is 1. The lowest BCUT2D eigenvalue weighted by molar-refractivity contribution is 0.166. The van der Waals surface area contributed by atoms with Gasteiger partial charge in [0.2, 0.25) is 0 Å². The topological polar surface area (TPSA) is 122 Å². The first kappa shape index (κ1) is 22.2. The van der Waals surface area contributed by atoms with Crippen molar-refractivity contribution in [2.45, 2.75) is 44.8 Å². The second-order valence-electron chi connectivity index (χ2n) is 7.64. The van der Waals surface area contributed by atoms with Crippen molar-refractivity contribution >= 4 is 12.0 Å². The van der Waals surface area contributed by atoms with Crippen LogP contribution in [-0.4, -0.2) is 38.5 Å². The monoisotopic (exact) mass is 420 g/mol.